The monoisotopic (exact) mass is 399 g/mol. The van der Waals surface area contributed by atoms with Gasteiger partial charge in [0.1, 0.15) is 12.7 Å². The third kappa shape index (κ3) is 8.12. The maximum absolute atomic E-state index is 11.7. The Morgan fingerprint density at radius 2 is 1.93 bits per heavy atom. The molecule has 9 nitrogen and oxygen atoms in total. The van der Waals surface area contributed by atoms with E-state index in [2.05, 4.69) is 4.74 Å². The van der Waals surface area contributed by atoms with E-state index in [0.29, 0.717) is 36.8 Å². The van der Waals surface area contributed by atoms with Gasteiger partial charge in [-0.2, -0.15) is 0 Å². The minimum atomic E-state index is -0.865. The van der Waals surface area contributed by atoms with E-state index in [0.717, 1.165) is 0 Å². The topological polar surface area (TPSA) is 104 Å². The quantitative estimate of drug-likeness (QED) is 0.481. The molecule has 0 aliphatic heterocycles. The Labute approximate surface area is 165 Å². The van der Waals surface area contributed by atoms with Gasteiger partial charge in [-0.25, -0.2) is 4.79 Å². The summed E-state index contributed by atoms with van der Waals surface area (Å²) in [6, 6.07) is 4.61. The molecular formula is C19H29NO8. The highest BCUT2D eigenvalue weighted by Gasteiger charge is 2.18. The maximum atomic E-state index is 11.7. The number of carbonyl (C=O) groups is 2. The zero-order valence-corrected chi connectivity index (χ0v) is 16.8. The fraction of sp³-hybridized carbons (Fsp3) is 0.579. The molecule has 1 N–H and O–H groups in total. The van der Waals surface area contributed by atoms with Crippen LogP contribution in [0.3, 0.4) is 0 Å². The van der Waals surface area contributed by atoms with Crippen molar-refractivity contribution in [2.75, 3.05) is 60.8 Å². The molecule has 0 aliphatic carbocycles. The van der Waals surface area contributed by atoms with Gasteiger partial charge in [-0.3, -0.25) is 9.69 Å². The summed E-state index contributed by atoms with van der Waals surface area (Å²) in [5.41, 5.74) is 0.326. The highest BCUT2D eigenvalue weighted by Crippen LogP contribution is 2.28. The molecular weight excluding hydrogens is 370 g/mol. The number of esters is 2. The van der Waals surface area contributed by atoms with E-state index >= 15 is 0 Å². The van der Waals surface area contributed by atoms with E-state index in [1.807, 2.05) is 0 Å². The summed E-state index contributed by atoms with van der Waals surface area (Å²) in [6.07, 6.45) is -0.865. The molecule has 0 fully saturated rings. The van der Waals surface area contributed by atoms with Crippen LogP contribution in [0.1, 0.15) is 17.3 Å². The van der Waals surface area contributed by atoms with Crippen LogP contribution in [-0.2, 0) is 19.0 Å². The first-order valence-electron chi connectivity index (χ1n) is 8.89. The van der Waals surface area contributed by atoms with E-state index in [-0.39, 0.29) is 25.7 Å². The smallest absolute Gasteiger partial charge is 0.337 e. The molecule has 0 heterocycles. The fourth-order valence-electron chi connectivity index (χ4n) is 2.41. The summed E-state index contributed by atoms with van der Waals surface area (Å²) in [5, 5.41) is 10.3. The van der Waals surface area contributed by atoms with Gasteiger partial charge in [0.15, 0.2) is 11.5 Å². The lowest BCUT2D eigenvalue weighted by Crippen LogP contribution is -2.41. The first-order valence-corrected chi connectivity index (χ1v) is 8.89. The summed E-state index contributed by atoms with van der Waals surface area (Å²) < 4.78 is 25.5. The third-order valence-corrected chi connectivity index (χ3v) is 3.75. The fourth-order valence-corrected chi connectivity index (χ4v) is 2.41. The zero-order chi connectivity index (χ0) is 20.9. The summed E-state index contributed by atoms with van der Waals surface area (Å²) in [5.74, 6) is -0.134. The molecule has 1 aromatic carbocycles. The van der Waals surface area contributed by atoms with Crippen molar-refractivity contribution in [3.8, 4) is 11.5 Å². The molecule has 28 heavy (non-hydrogen) atoms. The van der Waals surface area contributed by atoms with Crippen molar-refractivity contribution in [1.82, 2.24) is 4.90 Å². The van der Waals surface area contributed by atoms with Crippen LogP contribution in [-0.4, -0.2) is 88.8 Å². The molecule has 1 unspecified atom stereocenters. The number of ether oxygens (including phenoxy) is 5. The lowest BCUT2D eigenvalue weighted by atomic mass is 10.2. The van der Waals surface area contributed by atoms with E-state index in [9.17, 15) is 14.7 Å². The van der Waals surface area contributed by atoms with Gasteiger partial charge in [0.25, 0.3) is 0 Å². The molecule has 9 heteroatoms. The van der Waals surface area contributed by atoms with Gasteiger partial charge < -0.3 is 28.8 Å². The summed E-state index contributed by atoms with van der Waals surface area (Å²) in [4.78, 5) is 25.0. The number of methoxy groups -OCH3 is 3. The number of benzene rings is 1. The Hall–Kier alpha value is -2.36. The van der Waals surface area contributed by atoms with Gasteiger partial charge in [-0.05, 0) is 25.1 Å². The summed E-state index contributed by atoms with van der Waals surface area (Å²) in [7, 11) is 4.30. The van der Waals surface area contributed by atoms with Gasteiger partial charge in [-0.1, -0.05) is 0 Å². The molecule has 1 aromatic rings. The molecule has 0 saturated carbocycles. The van der Waals surface area contributed by atoms with Crippen LogP contribution in [0.4, 0.5) is 0 Å². The summed E-state index contributed by atoms with van der Waals surface area (Å²) in [6.45, 7) is 3.12. The van der Waals surface area contributed by atoms with Crippen molar-refractivity contribution in [1.29, 1.82) is 0 Å². The number of nitrogens with zero attached hydrogens (tertiary/aromatic N) is 1. The lowest BCUT2D eigenvalue weighted by Gasteiger charge is -2.24. The zero-order valence-electron chi connectivity index (χ0n) is 16.8. The van der Waals surface area contributed by atoms with Crippen molar-refractivity contribution in [2.24, 2.45) is 0 Å². The Balaban J connectivity index is 2.66. The average molecular weight is 399 g/mol. The first-order chi connectivity index (χ1) is 13.4. The van der Waals surface area contributed by atoms with Crippen molar-refractivity contribution in [2.45, 2.75) is 13.0 Å². The molecule has 0 bridgehead atoms. The predicted molar refractivity (Wildman–Crippen MR) is 101 cm³/mol. The molecule has 1 rings (SSSR count). The third-order valence-electron chi connectivity index (χ3n) is 3.75. The SMILES string of the molecule is CCOC(=O)CN(CCOC)CC(O)COc1ccc(C(=O)OC)cc1OC. The Bertz CT molecular complexity index is 622. The molecule has 1 atom stereocenters. The van der Waals surface area contributed by atoms with Crippen molar-refractivity contribution >= 4 is 11.9 Å². The number of hydrogen-bond donors (Lipinski definition) is 1. The minimum Gasteiger partial charge on any atom is -0.493 e. The standard InChI is InChI=1S/C19H29NO8/c1-5-27-18(22)12-20(8-9-24-2)11-15(21)13-28-16-7-6-14(19(23)26-4)10-17(16)25-3/h6-7,10,15,21H,5,8-9,11-13H2,1-4H3. The Kier molecular flexibility index (Phi) is 10.9. The number of aliphatic hydroxyl groups excluding tert-OH is 1. The van der Waals surface area contributed by atoms with Crippen molar-refractivity contribution in [3.63, 3.8) is 0 Å². The molecule has 0 aliphatic rings. The van der Waals surface area contributed by atoms with Gasteiger partial charge in [0.2, 0.25) is 0 Å². The van der Waals surface area contributed by atoms with Crippen LogP contribution >= 0.6 is 0 Å². The Morgan fingerprint density at radius 1 is 1.18 bits per heavy atom. The number of carbonyl (C=O) groups excluding carboxylic acids is 2. The second kappa shape index (κ2) is 12.9. The van der Waals surface area contributed by atoms with Crippen LogP contribution in [0.15, 0.2) is 18.2 Å². The molecule has 0 spiro atoms. The normalized spacial score (nSPS) is 11.8. The maximum Gasteiger partial charge on any atom is 0.337 e. The van der Waals surface area contributed by atoms with Crippen LogP contribution in [0.2, 0.25) is 0 Å². The van der Waals surface area contributed by atoms with Crippen LogP contribution in [0, 0.1) is 0 Å². The van der Waals surface area contributed by atoms with Crippen molar-refractivity contribution in [3.05, 3.63) is 23.8 Å². The number of rotatable bonds is 13. The molecule has 0 amide bonds. The largest absolute Gasteiger partial charge is 0.493 e. The molecule has 0 saturated heterocycles. The van der Waals surface area contributed by atoms with E-state index in [1.165, 1.54) is 20.3 Å². The van der Waals surface area contributed by atoms with E-state index < -0.39 is 12.1 Å². The van der Waals surface area contributed by atoms with Crippen LogP contribution in [0.5, 0.6) is 11.5 Å². The van der Waals surface area contributed by atoms with Gasteiger partial charge in [0, 0.05) is 20.2 Å². The van der Waals surface area contributed by atoms with Gasteiger partial charge >= 0.3 is 11.9 Å². The molecule has 158 valence electrons. The number of hydrogen-bond acceptors (Lipinski definition) is 9. The van der Waals surface area contributed by atoms with Crippen LogP contribution < -0.4 is 9.47 Å². The van der Waals surface area contributed by atoms with E-state index in [1.54, 1.807) is 31.1 Å². The second-order valence-corrected chi connectivity index (χ2v) is 5.85. The molecule has 0 radical (unpaired) electrons. The summed E-state index contributed by atoms with van der Waals surface area (Å²) >= 11 is 0. The second-order valence-electron chi connectivity index (χ2n) is 5.85. The molecule has 0 aromatic heterocycles. The van der Waals surface area contributed by atoms with Crippen molar-refractivity contribution < 1.29 is 38.4 Å². The lowest BCUT2D eigenvalue weighted by molar-refractivity contribution is -0.144. The highest BCUT2D eigenvalue weighted by atomic mass is 16.5. The number of aliphatic hydroxyl groups is 1. The predicted octanol–water partition coefficient (Wildman–Crippen LogP) is 0.733. The van der Waals surface area contributed by atoms with Crippen LogP contribution in [0.25, 0.3) is 0 Å². The minimum absolute atomic E-state index is 0.0275. The average Bonchev–Trinajstić information content (AvgIpc) is 2.69. The highest BCUT2D eigenvalue weighted by molar-refractivity contribution is 5.90. The van der Waals surface area contributed by atoms with Gasteiger partial charge in [0.05, 0.1) is 39.5 Å². The van der Waals surface area contributed by atoms with E-state index in [4.69, 9.17) is 18.9 Å². The first kappa shape index (κ1) is 23.7. The van der Waals surface area contributed by atoms with Gasteiger partial charge in [-0.15, -0.1) is 0 Å². The Morgan fingerprint density at radius 3 is 2.54 bits per heavy atom.